The van der Waals surface area contributed by atoms with Gasteiger partial charge in [-0.25, -0.2) is 4.98 Å². The lowest BCUT2D eigenvalue weighted by Gasteiger charge is -2.16. The molecule has 2 amide bonds. The van der Waals surface area contributed by atoms with Crippen LogP contribution in [-0.2, 0) is 14.3 Å². The van der Waals surface area contributed by atoms with Crippen LogP contribution in [0.2, 0.25) is 0 Å². The van der Waals surface area contributed by atoms with Gasteiger partial charge in [-0.3, -0.25) is 19.1 Å². The number of carbonyl (C=O) groups is 2. The molecular formula is C23H26N4O3. The number of imidazole rings is 1. The molecule has 1 aliphatic heterocycles. The van der Waals surface area contributed by atoms with Crippen molar-refractivity contribution in [3.8, 4) is 0 Å². The second-order valence-corrected chi connectivity index (χ2v) is 7.69. The molecule has 0 radical (unpaired) electrons. The van der Waals surface area contributed by atoms with Crippen molar-refractivity contribution in [2.24, 2.45) is 0 Å². The van der Waals surface area contributed by atoms with Crippen LogP contribution in [0.4, 0.5) is 11.6 Å². The third-order valence-corrected chi connectivity index (χ3v) is 5.45. The van der Waals surface area contributed by atoms with Crippen molar-refractivity contribution in [1.29, 1.82) is 0 Å². The molecule has 30 heavy (non-hydrogen) atoms. The standard InChI is InChI=1S/C23H26N4O3/c1-15-9-10-17(16(2)13-15)24-21(28)14-20-22(29)26(11-6-12-30-3)23-25-18-7-4-5-8-19(18)27(20)23/h4-5,7-10,13,20H,6,11-12,14H2,1-3H3,(H,24,28)/t20-/m0/s1. The van der Waals surface area contributed by atoms with Crippen LogP contribution in [0.3, 0.4) is 0 Å². The second kappa shape index (κ2) is 8.28. The zero-order valence-corrected chi connectivity index (χ0v) is 17.5. The highest BCUT2D eigenvalue weighted by Gasteiger charge is 2.40. The summed E-state index contributed by atoms with van der Waals surface area (Å²) in [5.41, 5.74) is 4.58. The van der Waals surface area contributed by atoms with Gasteiger partial charge in [-0.05, 0) is 44.0 Å². The van der Waals surface area contributed by atoms with Gasteiger partial charge in [-0.15, -0.1) is 0 Å². The largest absolute Gasteiger partial charge is 0.385 e. The summed E-state index contributed by atoms with van der Waals surface area (Å²) in [7, 11) is 1.64. The maximum atomic E-state index is 13.2. The van der Waals surface area contributed by atoms with E-state index in [0.717, 1.165) is 27.8 Å². The van der Waals surface area contributed by atoms with E-state index in [0.29, 0.717) is 25.5 Å². The molecule has 0 unspecified atom stereocenters. The average molecular weight is 406 g/mol. The van der Waals surface area contributed by atoms with Crippen LogP contribution in [0.5, 0.6) is 0 Å². The van der Waals surface area contributed by atoms with Crippen molar-refractivity contribution in [2.75, 3.05) is 30.5 Å². The molecule has 1 N–H and O–H groups in total. The summed E-state index contributed by atoms with van der Waals surface area (Å²) in [6.07, 6.45) is 0.757. The number of hydrogen-bond acceptors (Lipinski definition) is 4. The molecule has 1 atom stereocenters. The molecule has 0 fully saturated rings. The zero-order valence-electron chi connectivity index (χ0n) is 17.5. The topological polar surface area (TPSA) is 76.5 Å². The molecule has 2 aromatic carbocycles. The fourth-order valence-corrected chi connectivity index (χ4v) is 4.00. The van der Waals surface area contributed by atoms with Crippen LogP contribution < -0.4 is 10.2 Å². The monoisotopic (exact) mass is 406 g/mol. The number of aromatic nitrogens is 2. The quantitative estimate of drug-likeness (QED) is 0.608. The number of carbonyl (C=O) groups excluding carboxylic acids is 2. The van der Waals surface area contributed by atoms with E-state index < -0.39 is 6.04 Å². The Balaban J connectivity index is 1.61. The number of hydrogen-bond donors (Lipinski definition) is 1. The second-order valence-electron chi connectivity index (χ2n) is 7.69. The minimum absolute atomic E-state index is 0.0558. The summed E-state index contributed by atoms with van der Waals surface area (Å²) in [4.78, 5) is 32.4. The van der Waals surface area contributed by atoms with E-state index in [4.69, 9.17) is 4.74 Å². The first-order valence-electron chi connectivity index (χ1n) is 10.1. The number of aryl methyl sites for hydroxylation is 2. The van der Waals surface area contributed by atoms with Crippen LogP contribution >= 0.6 is 0 Å². The van der Waals surface area contributed by atoms with Gasteiger partial charge in [0.2, 0.25) is 11.9 Å². The highest BCUT2D eigenvalue weighted by molar-refractivity contribution is 6.05. The number of fused-ring (bicyclic) bond motifs is 3. The fourth-order valence-electron chi connectivity index (χ4n) is 4.00. The minimum atomic E-state index is -0.610. The molecule has 7 nitrogen and oxygen atoms in total. The number of nitrogens with one attached hydrogen (secondary N) is 1. The zero-order chi connectivity index (χ0) is 21.3. The number of ether oxygens (including phenoxy) is 1. The van der Waals surface area contributed by atoms with E-state index in [-0.39, 0.29) is 18.2 Å². The number of amides is 2. The Bertz CT molecular complexity index is 1110. The Labute approximate surface area is 175 Å². The van der Waals surface area contributed by atoms with Gasteiger partial charge in [0.05, 0.1) is 17.5 Å². The smallest absolute Gasteiger partial charge is 0.253 e. The number of para-hydroxylation sites is 2. The van der Waals surface area contributed by atoms with E-state index in [1.54, 1.807) is 12.0 Å². The van der Waals surface area contributed by atoms with E-state index >= 15 is 0 Å². The summed E-state index contributed by atoms with van der Waals surface area (Å²) >= 11 is 0. The summed E-state index contributed by atoms with van der Waals surface area (Å²) in [6, 6.07) is 13.0. The molecule has 2 heterocycles. The molecular weight excluding hydrogens is 380 g/mol. The predicted octanol–water partition coefficient (Wildman–Crippen LogP) is 3.61. The summed E-state index contributed by atoms with van der Waals surface area (Å²) in [5, 5.41) is 2.96. The normalized spacial score (nSPS) is 15.6. The molecule has 0 bridgehead atoms. The third-order valence-electron chi connectivity index (χ3n) is 5.45. The molecule has 0 spiro atoms. The maximum absolute atomic E-state index is 13.2. The number of benzene rings is 2. The van der Waals surface area contributed by atoms with E-state index in [1.807, 2.05) is 60.9 Å². The Kier molecular flexibility index (Phi) is 5.55. The molecule has 0 aliphatic carbocycles. The van der Waals surface area contributed by atoms with Crippen LogP contribution in [0.1, 0.15) is 30.0 Å². The molecule has 0 saturated carbocycles. The van der Waals surface area contributed by atoms with Crippen molar-refractivity contribution in [3.63, 3.8) is 0 Å². The first kappa shape index (κ1) is 20.1. The summed E-state index contributed by atoms with van der Waals surface area (Å²) in [6.45, 7) is 5.04. The van der Waals surface area contributed by atoms with Crippen molar-refractivity contribution in [2.45, 2.75) is 32.7 Å². The Morgan fingerprint density at radius 2 is 2.00 bits per heavy atom. The van der Waals surface area contributed by atoms with Crippen LogP contribution in [0.25, 0.3) is 11.0 Å². The fraction of sp³-hybridized carbons (Fsp3) is 0.348. The van der Waals surface area contributed by atoms with Crippen LogP contribution in [0, 0.1) is 13.8 Å². The first-order chi connectivity index (χ1) is 14.5. The Morgan fingerprint density at radius 3 is 2.77 bits per heavy atom. The van der Waals surface area contributed by atoms with E-state index in [1.165, 1.54) is 0 Å². The van der Waals surface area contributed by atoms with Crippen molar-refractivity contribution >= 4 is 34.5 Å². The average Bonchev–Trinajstić information content (AvgIpc) is 3.20. The lowest BCUT2D eigenvalue weighted by Crippen LogP contribution is -2.32. The van der Waals surface area contributed by atoms with Gasteiger partial charge in [-0.2, -0.15) is 0 Å². The first-order valence-corrected chi connectivity index (χ1v) is 10.1. The van der Waals surface area contributed by atoms with Crippen molar-refractivity contribution in [1.82, 2.24) is 9.55 Å². The SMILES string of the molecule is COCCCN1C(=O)[C@H](CC(=O)Nc2ccc(C)cc2C)n2c1nc1ccccc12. The van der Waals surface area contributed by atoms with E-state index in [2.05, 4.69) is 10.3 Å². The number of anilines is 2. The Morgan fingerprint density at radius 1 is 1.20 bits per heavy atom. The summed E-state index contributed by atoms with van der Waals surface area (Å²) in [5.74, 6) is 0.305. The lowest BCUT2D eigenvalue weighted by atomic mass is 10.1. The molecule has 3 aromatic rings. The molecule has 156 valence electrons. The molecule has 4 rings (SSSR count). The van der Waals surface area contributed by atoms with Gasteiger partial charge in [0.1, 0.15) is 6.04 Å². The third kappa shape index (κ3) is 3.68. The van der Waals surface area contributed by atoms with Crippen LogP contribution in [-0.4, -0.2) is 41.6 Å². The highest BCUT2D eigenvalue weighted by atomic mass is 16.5. The summed E-state index contributed by atoms with van der Waals surface area (Å²) < 4.78 is 7.03. The van der Waals surface area contributed by atoms with E-state index in [9.17, 15) is 9.59 Å². The van der Waals surface area contributed by atoms with Crippen molar-refractivity contribution < 1.29 is 14.3 Å². The number of rotatable bonds is 7. The van der Waals surface area contributed by atoms with Gasteiger partial charge in [0, 0.05) is 25.9 Å². The van der Waals surface area contributed by atoms with Gasteiger partial charge >= 0.3 is 0 Å². The van der Waals surface area contributed by atoms with Gasteiger partial charge in [0.25, 0.3) is 5.91 Å². The molecule has 1 aliphatic rings. The predicted molar refractivity (Wildman–Crippen MR) is 117 cm³/mol. The molecule has 1 aromatic heterocycles. The Hall–Kier alpha value is -3.19. The minimum Gasteiger partial charge on any atom is -0.385 e. The van der Waals surface area contributed by atoms with Gasteiger partial charge < -0.3 is 10.1 Å². The van der Waals surface area contributed by atoms with Gasteiger partial charge in [-0.1, -0.05) is 29.8 Å². The van der Waals surface area contributed by atoms with Gasteiger partial charge in [0.15, 0.2) is 0 Å². The number of methoxy groups -OCH3 is 1. The molecule has 0 saturated heterocycles. The maximum Gasteiger partial charge on any atom is 0.253 e. The molecule has 7 heteroatoms. The van der Waals surface area contributed by atoms with Crippen molar-refractivity contribution in [3.05, 3.63) is 53.6 Å². The number of nitrogens with zero attached hydrogens (tertiary/aromatic N) is 3. The van der Waals surface area contributed by atoms with Crippen LogP contribution in [0.15, 0.2) is 42.5 Å². The lowest BCUT2D eigenvalue weighted by molar-refractivity contribution is -0.124. The highest BCUT2D eigenvalue weighted by Crippen LogP contribution is 2.36.